The summed E-state index contributed by atoms with van der Waals surface area (Å²) in [6, 6.07) is 0.193. The zero-order chi connectivity index (χ0) is 15.2. The first-order valence-corrected chi connectivity index (χ1v) is 8.59. The first-order chi connectivity index (χ1) is 10.7. The van der Waals surface area contributed by atoms with Gasteiger partial charge in [-0.05, 0) is 38.6 Å². The van der Waals surface area contributed by atoms with E-state index in [1.165, 1.54) is 19.3 Å². The number of nitrogens with zero attached hydrogens (tertiary/aromatic N) is 3. The van der Waals surface area contributed by atoms with Crippen LogP contribution in [0.4, 0.5) is 0 Å². The van der Waals surface area contributed by atoms with Gasteiger partial charge >= 0.3 is 0 Å². The molecule has 1 aliphatic carbocycles. The molecule has 3 heterocycles. The van der Waals surface area contributed by atoms with Gasteiger partial charge in [-0.1, -0.05) is 12.8 Å². The number of carbonyl (C=O) groups is 1. The van der Waals surface area contributed by atoms with Crippen LogP contribution in [0.3, 0.4) is 0 Å². The Bertz CT molecular complexity index is 583. The van der Waals surface area contributed by atoms with Crippen LogP contribution in [0.5, 0.6) is 0 Å². The van der Waals surface area contributed by atoms with Crippen LogP contribution < -0.4 is 10.6 Å². The van der Waals surface area contributed by atoms with Crippen molar-refractivity contribution < 1.29 is 4.79 Å². The van der Waals surface area contributed by atoms with Gasteiger partial charge in [-0.3, -0.25) is 4.79 Å². The van der Waals surface area contributed by atoms with Gasteiger partial charge in [0, 0.05) is 19.0 Å². The molecule has 120 valence electrons. The molecule has 22 heavy (non-hydrogen) atoms. The number of aryl methyl sites for hydroxylation is 2. The summed E-state index contributed by atoms with van der Waals surface area (Å²) in [6.45, 7) is 4.54. The van der Waals surface area contributed by atoms with E-state index in [9.17, 15) is 4.79 Å². The van der Waals surface area contributed by atoms with E-state index in [4.69, 9.17) is 0 Å². The average molecular weight is 303 g/mol. The van der Waals surface area contributed by atoms with E-state index in [1.807, 2.05) is 11.6 Å². The molecule has 6 heteroatoms. The Kier molecular flexibility index (Phi) is 3.44. The molecule has 0 aromatic carbocycles. The molecule has 1 aromatic rings. The number of fused-ring (bicyclic) bond motifs is 2. The molecule has 3 atom stereocenters. The summed E-state index contributed by atoms with van der Waals surface area (Å²) in [5, 5.41) is 11.2. The number of hydrogen-bond acceptors (Lipinski definition) is 4. The number of aromatic nitrogens is 3. The Hall–Kier alpha value is -1.43. The fourth-order valence-electron chi connectivity index (χ4n) is 4.57. The SMILES string of the molecule is Cc1nc2n(n1)CC(NC(=O)[C@@]13CCCC[C@H]1CNC3)CC2. The summed E-state index contributed by atoms with van der Waals surface area (Å²) in [7, 11) is 0. The summed E-state index contributed by atoms with van der Waals surface area (Å²) < 4.78 is 1.96. The molecule has 1 unspecified atom stereocenters. The van der Waals surface area contributed by atoms with E-state index < -0.39 is 0 Å². The van der Waals surface area contributed by atoms with Gasteiger partial charge in [-0.15, -0.1) is 0 Å². The molecule has 2 aliphatic heterocycles. The number of carbonyl (C=O) groups excluding carboxylic acids is 1. The molecule has 2 fully saturated rings. The van der Waals surface area contributed by atoms with Crippen molar-refractivity contribution in [3.63, 3.8) is 0 Å². The first-order valence-electron chi connectivity index (χ1n) is 8.59. The smallest absolute Gasteiger partial charge is 0.228 e. The molecule has 6 nitrogen and oxygen atoms in total. The maximum Gasteiger partial charge on any atom is 0.228 e. The minimum Gasteiger partial charge on any atom is -0.351 e. The van der Waals surface area contributed by atoms with E-state index in [-0.39, 0.29) is 17.4 Å². The van der Waals surface area contributed by atoms with Crippen molar-refractivity contribution in [2.75, 3.05) is 13.1 Å². The van der Waals surface area contributed by atoms with Crippen LogP contribution in [-0.4, -0.2) is 39.8 Å². The summed E-state index contributed by atoms with van der Waals surface area (Å²) in [6.07, 6.45) is 6.56. The van der Waals surface area contributed by atoms with Gasteiger partial charge < -0.3 is 10.6 Å². The van der Waals surface area contributed by atoms with Crippen molar-refractivity contribution in [2.45, 2.75) is 58.0 Å². The van der Waals surface area contributed by atoms with Crippen molar-refractivity contribution in [3.8, 4) is 0 Å². The number of nitrogens with one attached hydrogen (secondary N) is 2. The average Bonchev–Trinajstić information content (AvgIpc) is 3.09. The zero-order valence-corrected chi connectivity index (χ0v) is 13.3. The highest BCUT2D eigenvalue weighted by Crippen LogP contribution is 2.44. The van der Waals surface area contributed by atoms with Crippen molar-refractivity contribution >= 4 is 5.91 Å². The lowest BCUT2D eigenvalue weighted by atomic mass is 9.67. The summed E-state index contributed by atoms with van der Waals surface area (Å²) >= 11 is 0. The molecular formula is C16H25N5O. The topological polar surface area (TPSA) is 71.8 Å². The normalized spacial score (nSPS) is 34.0. The van der Waals surface area contributed by atoms with Crippen LogP contribution in [-0.2, 0) is 17.8 Å². The second-order valence-electron chi connectivity index (χ2n) is 7.20. The predicted molar refractivity (Wildman–Crippen MR) is 82.3 cm³/mol. The fourth-order valence-corrected chi connectivity index (χ4v) is 4.57. The Labute approximate surface area is 131 Å². The van der Waals surface area contributed by atoms with Crippen LogP contribution >= 0.6 is 0 Å². The highest BCUT2D eigenvalue weighted by atomic mass is 16.2. The van der Waals surface area contributed by atoms with E-state index >= 15 is 0 Å². The van der Waals surface area contributed by atoms with Gasteiger partial charge in [0.1, 0.15) is 11.6 Å². The molecule has 3 aliphatic rings. The molecule has 0 spiro atoms. The highest BCUT2D eigenvalue weighted by Gasteiger charge is 2.50. The Morgan fingerprint density at radius 3 is 3.23 bits per heavy atom. The number of rotatable bonds is 2. The van der Waals surface area contributed by atoms with E-state index in [2.05, 4.69) is 20.7 Å². The Morgan fingerprint density at radius 2 is 2.32 bits per heavy atom. The minimum absolute atomic E-state index is 0.156. The predicted octanol–water partition coefficient (Wildman–Crippen LogP) is 0.797. The van der Waals surface area contributed by atoms with Crippen LogP contribution in [0, 0.1) is 18.3 Å². The van der Waals surface area contributed by atoms with Gasteiger partial charge in [-0.25, -0.2) is 9.67 Å². The maximum absolute atomic E-state index is 13.0. The summed E-state index contributed by atoms with van der Waals surface area (Å²) in [5.41, 5.74) is -0.156. The van der Waals surface area contributed by atoms with Crippen LogP contribution in [0.25, 0.3) is 0 Å². The second kappa shape index (κ2) is 5.33. The van der Waals surface area contributed by atoms with Crippen LogP contribution in [0.15, 0.2) is 0 Å². The second-order valence-corrected chi connectivity index (χ2v) is 7.20. The molecule has 1 amide bonds. The highest BCUT2D eigenvalue weighted by molar-refractivity contribution is 5.84. The van der Waals surface area contributed by atoms with E-state index in [0.29, 0.717) is 5.92 Å². The lowest BCUT2D eigenvalue weighted by Gasteiger charge is -2.38. The Morgan fingerprint density at radius 1 is 1.41 bits per heavy atom. The van der Waals surface area contributed by atoms with E-state index in [1.54, 1.807) is 0 Å². The zero-order valence-electron chi connectivity index (χ0n) is 13.3. The standard InChI is InChI=1S/C16H25N5O/c1-11-18-14-6-5-13(9-21(14)20-11)19-15(22)16-7-3-2-4-12(16)8-17-10-16/h12-13,17H,2-10H2,1H3,(H,19,22)/t12-,13?,16+/m0/s1. The molecule has 1 saturated heterocycles. The van der Waals surface area contributed by atoms with Gasteiger partial charge in [0.25, 0.3) is 0 Å². The monoisotopic (exact) mass is 303 g/mol. The van der Waals surface area contributed by atoms with Crippen molar-refractivity contribution in [2.24, 2.45) is 11.3 Å². The summed E-state index contributed by atoms with van der Waals surface area (Å²) in [5.74, 6) is 2.67. The molecular weight excluding hydrogens is 278 g/mol. The molecule has 2 N–H and O–H groups in total. The fraction of sp³-hybridized carbons (Fsp3) is 0.812. The van der Waals surface area contributed by atoms with Gasteiger partial charge in [-0.2, -0.15) is 5.10 Å². The molecule has 1 aromatic heterocycles. The van der Waals surface area contributed by atoms with Crippen molar-refractivity contribution in [3.05, 3.63) is 11.6 Å². The third-order valence-corrected chi connectivity index (χ3v) is 5.79. The van der Waals surface area contributed by atoms with Crippen LogP contribution in [0.2, 0.25) is 0 Å². The van der Waals surface area contributed by atoms with Crippen molar-refractivity contribution in [1.82, 2.24) is 25.4 Å². The molecule has 0 radical (unpaired) electrons. The van der Waals surface area contributed by atoms with Gasteiger partial charge in [0.2, 0.25) is 5.91 Å². The van der Waals surface area contributed by atoms with Crippen LogP contribution in [0.1, 0.15) is 43.8 Å². The third kappa shape index (κ3) is 2.24. The van der Waals surface area contributed by atoms with Crippen molar-refractivity contribution in [1.29, 1.82) is 0 Å². The molecule has 1 saturated carbocycles. The first kappa shape index (κ1) is 14.2. The van der Waals surface area contributed by atoms with E-state index in [0.717, 1.165) is 50.5 Å². The Balaban J connectivity index is 1.46. The number of hydrogen-bond donors (Lipinski definition) is 2. The largest absolute Gasteiger partial charge is 0.351 e. The quantitative estimate of drug-likeness (QED) is 0.847. The maximum atomic E-state index is 13.0. The van der Waals surface area contributed by atoms with Gasteiger partial charge in [0.05, 0.1) is 12.0 Å². The van der Waals surface area contributed by atoms with Gasteiger partial charge in [0.15, 0.2) is 0 Å². The lowest BCUT2D eigenvalue weighted by Crippen LogP contribution is -2.52. The third-order valence-electron chi connectivity index (χ3n) is 5.79. The minimum atomic E-state index is -0.156. The lowest BCUT2D eigenvalue weighted by molar-refractivity contribution is -0.135. The molecule has 0 bridgehead atoms. The number of amides is 1. The molecule has 4 rings (SSSR count). The summed E-state index contributed by atoms with van der Waals surface area (Å²) in [4.78, 5) is 17.4.